The van der Waals surface area contributed by atoms with E-state index in [0.29, 0.717) is 19.6 Å². The topological polar surface area (TPSA) is 61.9 Å². The molecule has 1 aliphatic rings. The van der Waals surface area contributed by atoms with E-state index < -0.39 is 0 Å². The van der Waals surface area contributed by atoms with Crippen molar-refractivity contribution in [3.63, 3.8) is 0 Å². The molecule has 2 amide bonds. The van der Waals surface area contributed by atoms with E-state index in [1.54, 1.807) is 12.0 Å². The summed E-state index contributed by atoms with van der Waals surface area (Å²) in [5.41, 5.74) is 2.23. The Bertz CT molecular complexity index is 823. The lowest BCUT2D eigenvalue weighted by molar-refractivity contribution is -0.129. The number of nitrogens with zero attached hydrogens (tertiary/aromatic N) is 2. The van der Waals surface area contributed by atoms with Crippen molar-refractivity contribution in [1.29, 1.82) is 0 Å². The number of methoxy groups -OCH3 is 1. The number of ether oxygens (including phenoxy) is 1. The zero-order valence-corrected chi connectivity index (χ0v) is 17.8. The predicted molar refractivity (Wildman–Crippen MR) is 118 cm³/mol. The molecule has 0 radical (unpaired) electrons. The summed E-state index contributed by atoms with van der Waals surface area (Å²) in [6.45, 7) is 5.55. The first kappa shape index (κ1) is 21.7. The highest BCUT2D eigenvalue weighted by Crippen LogP contribution is 2.21. The number of amides is 2. The van der Waals surface area contributed by atoms with Crippen molar-refractivity contribution < 1.29 is 14.3 Å². The maximum atomic E-state index is 12.5. The molecule has 6 heteroatoms. The van der Waals surface area contributed by atoms with Crippen LogP contribution in [0.4, 0.5) is 5.69 Å². The molecule has 0 aliphatic carbocycles. The van der Waals surface area contributed by atoms with Gasteiger partial charge >= 0.3 is 0 Å². The van der Waals surface area contributed by atoms with Gasteiger partial charge in [0, 0.05) is 44.8 Å². The van der Waals surface area contributed by atoms with Crippen molar-refractivity contribution in [1.82, 2.24) is 10.2 Å². The molecule has 1 saturated heterocycles. The SMILES string of the molecule is CCN(CCCNC(=O)C1CC(=O)N(Cc2ccc(OC)cc2)C1)c1ccccc1. The molecule has 1 fully saturated rings. The van der Waals surface area contributed by atoms with Crippen LogP contribution in [0.3, 0.4) is 0 Å². The van der Waals surface area contributed by atoms with E-state index in [9.17, 15) is 9.59 Å². The quantitative estimate of drug-likeness (QED) is 0.613. The molecule has 1 unspecified atom stereocenters. The van der Waals surface area contributed by atoms with Crippen LogP contribution in [0.15, 0.2) is 54.6 Å². The van der Waals surface area contributed by atoms with Crippen molar-refractivity contribution in [3.05, 3.63) is 60.2 Å². The first-order valence-electron chi connectivity index (χ1n) is 10.6. The minimum absolute atomic E-state index is 0.0247. The number of rotatable bonds is 10. The Balaban J connectivity index is 1.41. The number of hydrogen-bond acceptors (Lipinski definition) is 4. The fraction of sp³-hybridized carbons (Fsp3) is 0.417. The Hall–Kier alpha value is -3.02. The van der Waals surface area contributed by atoms with Gasteiger partial charge in [0.15, 0.2) is 0 Å². The molecule has 1 heterocycles. The van der Waals surface area contributed by atoms with Gasteiger partial charge in [-0.25, -0.2) is 0 Å². The number of anilines is 1. The maximum absolute atomic E-state index is 12.5. The van der Waals surface area contributed by atoms with Crippen LogP contribution >= 0.6 is 0 Å². The highest BCUT2D eigenvalue weighted by molar-refractivity contribution is 5.89. The molecule has 2 aromatic carbocycles. The van der Waals surface area contributed by atoms with Gasteiger partial charge in [0.05, 0.1) is 13.0 Å². The first-order valence-corrected chi connectivity index (χ1v) is 10.6. The van der Waals surface area contributed by atoms with Crippen LogP contribution in [0.1, 0.15) is 25.3 Å². The molecule has 0 aromatic heterocycles. The summed E-state index contributed by atoms with van der Waals surface area (Å²) in [5, 5.41) is 3.01. The predicted octanol–water partition coefficient (Wildman–Crippen LogP) is 3.08. The molecular weight excluding hydrogens is 378 g/mol. The van der Waals surface area contributed by atoms with Gasteiger partial charge in [-0.1, -0.05) is 30.3 Å². The lowest BCUT2D eigenvalue weighted by atomic mass is 10.1. The molecule has 1 aliphatic heterocycles. The summed E-state index contributed by atoms with van der Waals surface area (Å²) in [4.78, 5) is 28.9. The molecule has 6 nitrogen and oxygen atoms in total. The fourth-order valence-electron chi connectivity index (χ4n) is 3.79. The summed E-state index contributed by atoms with van der Waals surface area (Å²) in [6.07, 6.45) is 1.15. The van der Waals surface area contributed by atoms with E-state index >= 15 is 0 Å². The number of para-hydroxylation sites is 1. The lowest BCUT2D eigenvalue weighted by Crippen LogP contribution is -2.35. The van der Waals surface area contributed by atoms with Gasteiger partial charge in [0.1, 0.15) is 5.75 Å². The van der Waals surface area contributed by atoms with E-state index in [0.717, 1.165) is 30.8 Å². The Morgan fingerprint density at radius 3 is 2.57 bits per heavy atom. The highest BCUT2D eigenvalue weighted by Gasteiger charge is 2.34. The maximum Gasteiger partial charge on any atom is 0.225 e. The van der Waals surface area contributed by atoms with Gasteiger partial charge < -0.3 is 19.9 Å². The monoisotopic (exact) mass is 409 g/mol. The number of likely N-dealkylation sites (tertiary alicyclic amines) is 1. The van der Waals surface area contributed by atoms with E-state index in [-0.39, 0.29) is 24.2 Å². The van der Waals surface area contributed by atoms with Crippen molar-refractivity contribution in [2.75, 3.05) is 38.2 Å². The van der Waals surface area contributed by atoms with Crippen LogP contribution in [-0.4, -0.2) is 50.0 Å². The number of hydrogen-bond donors (Lipinski definition) is 1. The third-order valence-electron chi connectivity index (χ3n) is 5.52. The van der Waals surface area contributed by atoms with E-state index in [1.807, 2.05) is 42.5 Å². The number of carbonyl (C=O) groups is 2. The van der Waals surface area contributed by atoms with Crippen LogP contribution in [0.25, 0.3) is 0 Å². The van der Waals surface area contributed by atoms with Gasteiger partial charge in [-0.2, -0.15) is 0 Å². The number of carbonyl (C=O) groups excluding carboxylic acids is 2. The van der Waals surface area contributed by atoms with Crippen molar-refractivity contribution >= 4 is 17.5 Å². The van der Waals surface area contributed by atoms with Crippen molar-refractivity contribution in [3.8, 4) is 5.75 Å². The minimum atomic E-state index is -0.271. The average molecular weight is 410 g/mol. The zero-order chi connectivity index (χ0) is 21.3. The second-order valence-corrected chi connectivity index (χ2v) is 7.58. The Morgan fingerprint density at radius 2 is 1.90 bits per heavy atom. The second-order valence-electron chi connectivity index (χ2n) is 7.58. The van der Waals surface area contributed by atoms with Crippen LogP contribution < -0.4 is 15.0 Å². The van der Waals surface area contributed by atoms with E-state index in [2.05, 4.69) is 29.3 Å². The molecule has 1 N–H and O–H groups in total. The molecule has 0 spiro atoms. The largest absolute Gasteiger partial charge is 0.497 e. The standard InChI is InChI=1S/C24H31N3O3/c1-3-26(21-8-5-4-6-9-21)15-7-14-25-24(29)20-16-23(28)27(18-20)17-19-10-12-22(30-2)13-11-19/h4-6,8-13,20H,3,7,14-18H2,1-2H3,(H,25,29). The van der Waals surface area contributed by atoms with Gasteiger partial charge in [-0.05, 0) is 43.2 Å². The van der Waals surface area contributed by atoms with Gasteiger partial charge in [-0.15, -0.1) is 0 Å². The molecule has 0 saturated carbocycles. The van der Waals surface area contributed by atoms with E-state index in [1.165, 1.54) is 5.69 Å². The Labute approximate surface area is 178 Å². The van der Waals surface area contributed by atoms with Crippen LogP contribution in [0.5, 0.6) is 5.75 Å². The molecule has 160 valence electrons. The number of nitrogens with one attached hydrogen (secondary N) is 1. The fourth-order valence-corrected chi connectivity index (χ4v) is 3.79. The summed E-state index contributed by atoms with van der Waals surface area (Å²) >= 11 is 0. The van der Waals surface area contributed by atoms with Crippen LogP contribution in [0, 0.1) is 5.92 Å². The zero-order valence-electron chi connectivity index (χ0n) is 17.8. The van der Waals surface area contributed by atoms with Crippen molar-refractivity contribution in [2.45, 2.75) is 26.3 Å². The first-order chi connectivity index (χ1) is 14.6. The van der Waals surface area contributed by atoms with Crippen LogP contribution in [-0.2, 0) is 16.1 Å². The van der Waals surface area contributed by atoms with Gasteiger partial charge in [0.2, 0.25) is 11.8 Å². The van der Waals surface area contributed by atoms with E-state index in [4.69, 9.17) is 4.74 Å². The number of benzene rings is 2. The lowest BCUT2D eigenvalue weighted by Gasteiger charge is -2.23. The molecule has 30 heavy (non-hydrogen) atoms. The summed E-state index contributed by atoms with van der Waals surface area (Å²) < 4.78 is 5.17. The normalized spacial score (nSPS) is 15.9. The molecule has 3 rings (SSSR count). The van der Waals surface area contributed by atoms with Crippen molar-refractivity contribution in [2.24, 2.45) is 5.92 Å². The molecule has 2 aromatic rings. The second kappa shape index (κ2) is 10.7. The highest BCUT2D eigenvalue weighted by atomic mass is 16.5. The molecular formula is C24H31N3O3. The van der Waals surface area contributed by atoms with Gasteiger partial charge in [0.25, 0.3) is 0 Å². The summed E-state index contributed by atoms with van der Waals surface area (Å²) in [7, 11) is 1.63. The van der Waals surface area contributed by atoms with Crippen LogP contribution in [0.2, 0.25) is 0 Å². The third-order valence-corrected chi connectivity index (χ3v) is 5.52. The Kier molecular flexibility index (Phi) is 7.71. The van der Waals surface area contributed by atoms with Gasteiger partial charge in [-0.3, -0.25) is 9.59 Å². The summed E-state index contributed by atoms with van der Waals surface area (Å²) in [5.74, 6) is 0.528. The minimum Gasteiger partial charge on any atom is -0.497 e. The smallest absolute Gasteiger partial charge is 0.225 e. The molecule has 1 atom stereocenters. The third kappa shape index (κ3) is 5.75. The molecule has 0 bridgehead atoms. The average Bonchev–Trinajstić information content (AvgIpc) is 3.15. The summed E-state index contributed by atoms with van der Waals surface area (Å²) in [6, 6.07) is 18.0. The Morgan fingerprint density at radius 1 is 1.17 bits per heavy atom.